The van der Waals surface area contributed by atoms with Gasteiger partial charge in [-0.2, -0.15) is 0 Å². The van der Waals surface area contributed by atoms with Crippen molar-refractivity contribution in [3.05, 3.63) is 58.1 Å². The lowest BCUT2D eigenvalue weighted by Crippen LogP contribution is -2.24. The lowest BCUT2D eigenvalue weighted by molar-refractivity contribution is 0.0569. The Morgan fingerprint density at radius 2 is 1.71 bits per heavy atom. The summed E-state index contributed by atoms with van der Waals surface area (Å²) in [5, 5.41) is 10.8. The van der Waals surface area contributed by atoms with Crippen molar-refractivity contribution in [1.29, 1.82) is 0 Å². The van der Waals surface area contributed by atoms with Crippen molar-refractivity contribution in [2.24, 2.45) is 0 Å². The van der Waals surface area contributed by atoms with E-state index in [9.17, 15) is 5.11 Å². The first-order valence-corrected chi connectivity index (χ1v) is 7.45. The Morgan fingerprint density at radius 3 is 2.29 bits per heavy atom. The minimum atomic E-state index is -0.986. The summed E-state index contributed by atoms with van der Waals surface area (Å²) in [7, 11) is 3.26. The molecule has 0 heterocycles. The van der Waals surface area contributed by atoms with Crippen LogP contribution in [0.15, 0.2) is 46.9 Å². The summed E-state index contributed by atoms with van der Waals surface area (Å²) in [4.78, 5) is 0. The second-order valence-corrected chi connectivity index (χ2v) is 6.05. The van der Waals surface area contributed by atoms with Crippen LogP contribution in [0.4, 0.5) is 0 Å². The van der Waals surface area contributed by atoms with Gasteiger partial charge in [0.25, 0.3) is 0 Å². The minimum absolute atomic E-state index is 0.460. The maximum Gasteiger partial charge on any atom is 0.122 e. The third kappa shape index (κ3) is 3.77. The van der Waals surface area contributed by atoms with Crippen molar-refractivity contribution < 1.29 is 14.6 Å². The van der Waals surface area contributed by atoms with Gasteiger partial charge in [0.15, 0.2) is 0 Å². The number of aliphatic hydroxyl groups is 1. The molecule has 21 heavy (non-hydrogen) atoms. The topological polar surface area (TPSA) is 38.7 Å². The average Bonchev–Trinajstić information content (AvgIpc) is 2.47. The second kappa shape index (κ2) is 6.50. The summed E-state index contributed by atoms with van der Waals surface area (Å²) in [6.07, 6.45) is 0.460. The molecule has 0 radical (unpaired) electrons. The van der Waals surface area contributed by atoms with E-state index in [2.05, 4.69) is 15.9 Å². The molecule has 0 spiro atoms. The highest BCUT2D eigenvalue weighted by Gasteiger charge is 2.25. The summed E-state index contributed by atoms with van der Waals surface area (Å²) < 4.78 is 11.5. The van der Waals surface area contributed by atoms with Crippen LogP contribution in [0.3, 0.4) is 0 Å². The fraction of sp³-hybridized carbons (Fsp3) is 0.294. The summed E-state index contributed by atoms with van der Waals surface area (Å²) in [5.74, 6) is 1.54. The van der Waals surface area contributed by atoms with Crippen LogP contribution in [-0.2, 0) is 12.0 Å². The van der Waals surface area contributed by atoms with Crippen molar-refractivity contribution in [3.63, 3.8) is 0 Å². The Hall–Kier alpha value is -1.52. The Bertz CT molecular complexity index is 606. The van der Waals surface area contributed by atoms with E-state index in [1.807, 2.05) is 42.5 Å². The predicted octanol–water partition coefficient (Wildman–Crippen LogP) is 3.92. The van der Waals surface area contributed by atoms with Gasteiger partial charge < -0.3 is 14.6 Å². The maximum absolute atomic E-state index is 10.8. The van der Waals surface area contributed by atoms with Gasteiger partial charge in [0.05, 0.1) is 19.8 Å². The van der Waals surface area contributed by atoms with Crippen molar-refractivity contribution in [1.82, 2.24) is 0 Å². The van der Waals surface area contributed by atoms with Gasteiger partial charge in [0.2, 0.25) is 0 Å². The van der Waals surface area contributed by atoms with E-state index in [0.29, 0.717) is 6.42 Å². The fourth-order valence-corrected chi connectivity index (χ4v) is 2.72. The van der Waals surface area contributed by atoms with Crippen LogP contribution in [0.5, 0.6) is 11.5 Å². The molecule has 4 heteroatoms. The molecule has 0 bridgehead atoms. The first kappa shape index (κ1) is 15.9. The molecule has 0 fully saturated rings. The van der Waals surface area contributed by atoms with Crippen LogP contribution in [0, 0.1) is 0 Å². The van der Waals surface area contributed by atoms with Gasteiger partial charge in [-0.15, -0.1) is 0 Å². The van der Waals surface area contributed by atoms with Gasteiger partial charge in [-0.1, -0.05) is 28.1 Å². The maximum atomic E-state index is 10.8. The van der Waals surface area contributed by atoms with Gasteiger partial charge >= 0.3 is 0 Å². The number of halogens is 1. The molecule has 0 aliphatic carbocycles. The summed E-state index contributed by atoms with van der Waals surface area (Å²) >= 11 is 3.45. The molecular formula is C17H19BrO3. The van der Waals surface area contributed by atoms with E-state index in [1.54, 1.807) is 21.1 Å². The zero-order chi connectivity index (χ0) is 15.5. The zero-order valence-electron chi connectivity index (χ0n) is 12.4. The van der Waals surface area contributed by atoms with Crippen molar-refractivity contribution in [2.75, 3.05) is 14.2 Å². The molecule has 0 amide bonds. The molecule has 1 atom stereocenters. The molecule has 1 unspecified atom stereocenters. The SMILES string of the molecule is COc1ccc(C(C)(O)Cc2cc(Br)ccc2OC)cc1. The van der Waals surface area contributed by atoms with Crippen molar-refractivity contribution >= 4 is 15.9 Å². The van der Waals surface area contributed by atoms with E-state index in [1.165, 1.54) is 0 Å². The molecule has 2 rings (SSSR count). The first-order valence-electron chi connectivity index (χ1n) is 6.65. The van der Waals surface area contributed by atoms with E-state index in [-0.39, 0.29) is 0 Å². The van der Waals surface area contributed by atoms with Gasteiger partial charge in [-0.05, 0) is 48.4 Å². The Morgan fingerprint density at radius 1 is 1.05 bits per heavy atom. The van der Waals surface area contributed by atoms with E-state index in [4.69, 9.17) is 9.47 Å². The lowest BCUT2D eigenvalue weighted by atomic mass is 9.88. The third-order valence-corrected chi connectivity index (χ3v) is 3.98. The van der Waals surface area contributed by atoms with Crippen LogP contribution >= 0.6 is 15.9 Å². The fourth-order valence-electron chi connectivity index (χ4n) is 2.31. The average molecular weight is 351 g/mol. The van der Waals surface area contributed by atoms with Gasteiger partial charge in [-0.25, -0.2) is 0 Å². The second-order valence-electron chi connectivity index (χ2n) is 5.14. The highest BCUT2D eigenvalue weighted by Crippen LogP contribution is 2.32. The Labute approximate surface area is 133 Å². The highest BCUT2D eigenvalue weighted by molar-refractivity contribution is 9.10. The standard InChI is InChI=1S/C17H19BrO3/c1-17(19,13-4-7-15(20-2)8-5-13)11-12-10-14(18)6-9-16(12)21-3/h4-10,19H,11H2,1-3H3. The van der Waals surface area contributed by atoms with Crippen molar-refractivity contribution in [3.8, 4) is 11.5 Å². The molecular weight excluding hydrogens is 332 g/mol. The number of rotatable bonds is 5. The normalized spacial score (nSPS) is 13.6. The number of hydrogen-bond donors (Lipinski definition) is 1. The molecule has 2 aromatic carbocycles. The van der Waals surface area contributed by atoms with Gasteiger partial charge in [0.1, 0.15) is 11.5 Å². The molecule has 0 aliphatic heterocycles. The van der Waals surface area contributed by atoms with E-state index >= 15 is 0 Å². The highest BCUT2D eigenvalue weighted by atomic mass is 79.9. The van der Waals surface area contributed by atoms with Crippen LogP contribution in [-0.4, -0.2) is 19.3 Å². The molecule has 0 saturated carbocycles. The number of benzene rings is 2. The largest absolute Gasteiger partial charge is 0.497 e. The Balaban J connectivity index is 2.29. The molecule has 3 nitrogen and oxygen atoms in total. The zero-order valence-corrected chi connectivity index (χ0v) is 14.0. The minimum Gasteiger partial charge on any atom is -0.497 e. The van der Waals surface area contributed by atoms with Crippen LogP contribution in [0.1, 0.15) is 18.1 Å². The monoisotopic (exact) mass is 350 g/mol. The third-order valence-electron chi connectivity index (χ3n) is 3.49. The van der Waals surface area contributed by atoms with E-state index in [0.717, 1.165) is 27.1 Å². The van der Waals surface area contributed by atoms with Gasteiger partial charge in [-0.3, -0.25) is 0 Å². The summed E-state index contributed by atoms with van der Waals surface area (Å²) in [6.45, 7) is 1.80. The summed E-state index contributed by atoms with van der Waals surface area (Å²) in [6, 6.07) is 13.2. The molecule has 0 saturated heterocycles. The van der Waals surface area contributed by atoms with Crippen LogP contribution in [0.2, 0.25) is 0 Å². The number of ether oxygens (including phenoxy) is 2. The smallest absolute Gasteiger partial charge is 0.122 e. The molecule has 112 valence electrons. The molecule has 1 N–H and O–H groups in total. The quantitative estimate of drug-likeness (QED) is 0.888. The van der Waals surface area contributed by atoms with Gasteiger partial charge in [0, 0.05) is 10.9 Å². The molecule has 0 aromatic heterocycles. The molecule has 2 aromatic rings. The van der Waals surface area contributed by atoms with Crippen molar-refractivity contribution in [2.45, 2.75) is 18.9 Å². The van der Waals surface area contributed by atoms with Crippen LogP contribution < -0.4 is 9.47 Å². The predicted molar refractivity (Wildman–Crippen MR) is 87.0 cm³/mol. The number of hydrogen-bond acceptors (Lipinski definition) is 3. The lowest BCUT2D eigenvalue weighted by Gasteiger charge is -2.25. The summed E-state index contributed by atoms with van der Waals surface area (Å²) in [5.41, 5.74) is 0.804. The first-order chi connectivity index (χ1) is 9.96. The van der Waals surface area contributed by atoms with E-state index < -0.39 is 5.60 Å². The van der Waals surface area contributed by atoms with Crippen LogP contribution in [0.25, 0.3) is 0 Å². The number of methoxy groups -OCH3 is 2. The molecule has 0 aliphatic rings. The Kier molecular flexibility index (Phi) is 4.91.